The third-order valence-corrected chi connectivity index (χ3v) is 3.68. The van der Waals surface area contributed by atoms with Gasteiger partial charge in [-0.1, -0.05) is 27.2 Å². The summed E-state index contributed by atoms with van der Waals surface area (Å²) >= 11 is 1.77. The zero-order chi connectivity index (χ0) is 11.8. The molecule has 1 aromatic rings. The second kappa shape index (κ2) is 7.74. The molecule has 3 nitrogen and oxygen atoms in total. The zero-order valence-electron chi connectivity index (χ0n) is 10.6. The molecule has 0 saturated heterocycles. The number of hydrogen-bond donors (Lipinski definition) is 1. The molecule has 1 rings (SSSR count). The number of nitrogens with one attached hydrogen (secondary N) is 1. The lowest BCUT2D eigenvalue weighted by Crippen LogP contribution is -2.17. The predicted molar refractivity (Wildman–Crippen MR) is 69.9 cm³/mol. The fraction of sp³-hybridized carbons (Fsp3) is 0.833. The molecule has 0 saturated carbocycles. The quantitative estimate of drug-likeness (QED) is 0.711. The Morgan fingerprint density at radius 2 is 1.94 bits per heavy atom. The van der Waals surface area contributed by atoms with Crippen LogP contribution in [0.5, 0.6) is 0 Å². The maximum Gasteiger partial charge on any atom is 0.118 e. The van der Waals surface area contributed by atoms with Crippen LogP contribution < -0.4 is 5.32 Å². The summed E-state index contributed by atoms with van der Waals surface area (Å²) in [4.78, 5) is 0. The van der Waals surface area contributed by atoms with Crippen LogP contribution in [0.4, 0.5) is 0 Å². The van der Waals surface area contributed by atoms with E-state index < -0.39 is 0 Å². The first-order chi connectivity index (χ1) is 7.76. The molecule has 0 bridgehead atoms. The predicted octanol–water partition coefficient (Wildman–Crippen LogP) is 2.67. The minimum Gasteiger partial charge on any atom is -0.316 e. The van der Waals surface area contributed by atoms with Crippen molar-refractivity contribution in [2.45, 2.75) is 46.5 Å². The lowest BCUT2D eigenvalue weighted by Gasteiger charge is -2.02. The number of aromatic nitrogens is 2. The largest absolute Gasteiger partial charge is 0.316 e. The van der Waals surface area contributed by atoms with Crippen LogP contribution in [0.25, 0.3) is 0 Å². The number of nitrogens with zero attached hydrogens (tertiary/aromatic N) is 2. The van der Waals surface area contributed by atoms with Gasteiger partial charge < -0.3 is 5.32 Å². The van der Waals surface area contributed by atoms with Crippen molar-refractivity contribution < 1.29 is 0 Å². The van der Waals surface area contributed by atoms with Crippen LogP contribution in [0.2, 0.25) is 0 Å². The third-order valence-electron chi connectivity index (χ3n) is 2.67. The third kappa shape index (κ3) is 5.03. The SMILES string of the molecule is CCCNCCc1nnc(CC(C)CC)s1. The van der Waals surface area contributed by atoms with Crippen molar-refractivity contribution in [3.63, 3.8) is 0 Å². The fourth-order valence-corrected chi connectivity index (χ4v) is 2.42. The molecule has 0 radical (unpaired) electrons. The summed E-state index contributed by atoms with van der Waals surface area (Å²) in [5.74, 6) is 0.721. The summed E-state index contributed by atoms with van der Waals surface area (Å²) in [6.07, 6.45) is 4.50. The average Bonchev–Trinajstić information content (AvgIpc) is 2.72. The summed E-state index contributed by atoms with van der Waals surface area (Å²) in [5, 5.41) is 14.2. The number of hydrogen-bond acceptors (Lipinski definition) is 4. The van der Waals surface area contributed by atoms with Crippen molar-refractivity contribution in [3.05, 3.63) is 10.0 Å². The van der Waals surface area contributed by atoms with Crippen molar-refractivity contribution >= 4 is 11.3 Å². The molecule has 0 aliphatic heterocycles. The van der Waals surface area contributed by atoms with Gasteiger partial charge in [-0.25, -0.2) is 0 Å². The molecule has 0 aromatic carbocycles. The highest BCUT2D eigenvalue weighted by molar-refractivity contribution is 7.11. The van der Waals surface area contributed by atoms with Gasteiger partial charge in [0.1, 0.15) is 10.0 Å². The van der Waals surface area contributed by atoms with Gasteiger partial charge in [0.15, 0.2) is 0 Å². The highest BCUT2D eigenvalue weighted by Gasteiger charge is 2.07. The Balaban J connectivity index is 2.28. The second-order valence-corrected chi connectivity index (χ2v) is 5.45. The van der Waals surface area contributed by atoms with Crippen molar-refractivity contribution in [1.82, 2.24) is 15.5 Å². The molecule has 0 spiro atoms. The van der Waals surface area contributed by atoms with Crippen LogP contribution >= 0.6 is 11.3 Å². The molecule has 1 atom stereocenters. The highest BCUT2D eigenvalue weighted by atomic mass is 32.1. The summed E-state index contributed by atoms with van der Waals surface area (Å²) < 4.78 is 0. The second-order valence-electron chi connectivity index (χ2n) is 4.31. The average molecular weight is 241 g/mol. The first kappa shape index (κ1) is 13.6. The van der Waals surface area contributed by atoms with E-state index in [0.717, 1.165) is 31.8 Å². The van der Waals surface area contributed by atoms with Gasteiger partial charge in [-0.2, -0.15) is 0 Å². The van der Waals surface area contributed by atoms with E-state index in [0.29, 0.717) is 0 Å². The van der Waals surface area contributed by atoms with Crippen LogP contribution in [-0.4, -0.2) is 23.3 Å². The summed E-state index contributed by atoms with van der Waals surface area (Å²) in [6, 6.07) is 0. The summed E-state index contributed by atoms with van der Waals surface area (Å²) in [5.41, 5.74) is 0. The van der Waals surface area contributed by atoms with Crippen LogP contribution in [0, 0.1) is 5.92 Å². The summed E-state index contributed by atoms with van der Waals surface area (Å²) in [6.45, 7) is 8.79. The Labute approximate surface area is 103 Å². The normalized spacial score (nSPS) is 12.9. The van der Waals surface area contributed by atoms with E-state index >= 15 is 0 Å². The minimum absolute atomic E-state index is 0.721. The molecule has 92 valence electrons. The maximum atomic E-state index is 4.24. The van der Waals surface area contributed by atoms with Gasteiger partial charge in [-0.05, 0) is 18.9 Å². The molecular weight excluding hydrogens is 218 g/mol. The molecule has 1 N–H and O–H groups in total. The fourth-order valence-electron chi connectivity index (χ4n) is 1.41. The molecule has 0 fully saturated rings. The molecule has 1 heterocycles. The van der Waals surface area contributed by atoms with Crippen LogP contribution in [-0.2, 0) is 12.8 Å². The van der Waals surface area contributed by atoms with Gasteiger partial charge in [-0.3, -0.25) is 0 Å². The molecule has 16 heavy (non-hydrogen) atoms. The van der Waals surface area contributed by atoms with E-state index in [-0.39, 0.29) is 0 Å². The van der Waals surface area contributed by atoms with E-state index in [9.17, 15) is 0 Å². The van der Waals surface area contributed by atoms with Gasteiger partial charge in [-0.15, -0.1) is 21.5 Å². The van der Waals surface area contributed by atoms with E-state index in [2.05, 4.69) is 36.3 Å². The smallest absolute Gasteiger partial charge is 0.118 e. The maximum absolute atomic E-state index is 4.24. The zero-order valence-corrected chi connectivity index (χ0v) is 11.4. The minimum atomic E-state index is 0.721. The lowest BCUT2D eigenvalue weighted by atomic mass is 10.1. The summed E-state index contributed by atoms with van der Waals surface area (Å²) in [7, 11) is 0. The van der Waals surface area contributed by atoms with Gasteiger partial charge in [0, 0.05) is 19.4 Å². The van der Waals surface area contributed by atoms with E-state index in [1.54, 1.807) is 11.3 Å². The molecular formula is C12H23N3S. The van der Waals surface area contributed by atoms with Crippen LogP contribution in [0.1, 0.15) is 43.6 Å². The Kier molecular flexibility index (Phi) is 6.57. The van der Waals surface area contributed by atoms with Crippen LogP contribution in [0.3, 0.4) is 0 Å². The number of rotatable bonds is 8. The Morgan fingerprint density at radius 1 is 1.19 bits per heavy atom. The van der Waals surface area contributed by atoms with Crippen molar-refractivity contribution in [2.75, 3.05) is 13.1 Å². The Bertz CT molecular complexity index is 286. The van der Waals surface area contributed by atoms with Gasteiger partial charge in [0.2, 0.25) is 0 Å². The monoisotopic (exact) mass is 241 g/mol. The molecule has 1 aromatic heterocycles. The van der Waals surface area contributed by atoms with E-state index in [1.165, 1.54) is 22.9 Å². The molecule has 0 amide bonds. The first-order valence-electron chi connectivity index (χ1n) is 6.28. The van der Waals surface area contributed by atoms with E-state index in [1.807, 2.05) is 0 Å². The van der Waals surface area contributed by atoms with Crippen molar-refractivity contribution in [2.24, 2.45) is 5.92 Å². The lowest BCUT2D eigenvalue weighted by molar-refractivity contribution is 0.556. The molecule has 4 heteroatoms. The van der Waals surface area contributed by atoms with Gasteiger partial charge >= 0.3 is 0 Å². The van der Waals surface area contributed by atoms with Gasteiger partial charge in [0.25, 0.3) is 0 Å². The van der Waals surface area contributed by atoms with Crippen molar-refractivity contribution in [1.29, 1.82) is 0 Å². The molecule has 1 unspecified atom stereocenters. The Hall–Kier alpha value is -0.480. The Morgan fingerprint density at radius 3 is 2.62 bits per heavy atom. The highest BCUT2D eigenvalue weighted by Crippen LogP contribution is 2.16. The van der Waals surface area contributed by atoms with E-state index in [4.69, 9.17) is 0 Å². The molecule has 0 aliphatic rings. The molecule has 0 aliphatic carbocycles. The topological polar surface area (TPSA) is 37.8 Å². The van der Waals surface area contributed by atoms with Crippen LogP contribution in [0.15, 0.2) is 0 Å². The standard InChI is InChI=1S/C12H23N3S/c1-4-7-13-8-6-11-14-15-12(16-11)9-10(3)5-2/h10,13H,4-9H2,1-3H3. The van der Waals surface area contributed by atoms with Crippen molar-refractivity contribution in [3.8, 4) is 0 Å². The van der Waals surface area contributed by atoms with Gasteiger partial charge in [0.05, 0.1) is 0 Å². The first-order valence-corrected chi connectivity index (χ1v) is 7.09.